The molecule has 20 heavy (non-hydrogen) atoms. The molecule has 2 heterocycles. The molecule has 3 rings (SSSR count). The van der Waals surface area contributed by atoms with Crippen molar-refractivity contribution in [1.82, 2.24) is 0 Å². The Hall–Kier alpha value is -2.28. The van der Waals surface area contributed by atoms with Gasteiger partial charge in [0.1, 0.15) is 18.2 Å². The molecule has 6 nitrogen and oxygen atoms in total. The van der Waals surface area contributed by atoms with Crippen LogP contribution in [-0.4, -0.2) is 14.3 Å². The molecule has 0 saturated carbocycles. The third kappa shape index (κ3) is 2.39. The van der Waals surface area contributed by atoms with Gasteiger partial charge in [0.2, 0.25) is 0 Å². The van der Waals surface area contributed by atoms with Crippen molar-refractivity contribution in [3.05, 3.63) is 53.5 Å². The number of benzene rings is 1. The van der Waals surface area contributed by atoms with E-state index in [1.807, 2.05) is 0 Å². The van der Waals surface area contributed by atoms with Crippen LogP contribution in [-0.2, 0) is 22.4 Å². The van der Waals surface area contributed by atoms with Gasteiger partial charge in [0.05, 0.1) is 23.8 Å². The lowest BCUT2D eigenvalue weighted by Gasteiger charge is -2.17. The summed E-state index contributed by atoms with van der Waals surface area (Å²) in [6.45, 7) is 0.312. The zero-order valence-corrected chi connectivity index (χ0v) is 11.3. The van der Waals surface area contributed by atoms with Crippen molar-refractivity contribution in [2.45, 2.75) is 12.4 Å². The maximum absolute atomic E-state index is 11.6. The molecule has 0 unspecified atom stereocenters. The molecule has 1 aliphatic heterocycles. The lowest BCUT2D eigenvalue weighted by Crippen LogP contribution is -2.24. The van der Waals surface area contributed by atoms with Crippen molar-refractivity contribution in [2.75, 3.05) is 0 Å². The molecule has 7 heteroatoms. The van der Waals surface area contributed by atoms with E-state index in [1.165, 1.54) is 0 Å². The highest BCUT2D eigenvalue weighted by Gasteiger charge is 2.25. The van der Waals surface area contributed by atoms with E-state index in [-0.39, 0.29) is 11.6 Å². The lowest BCUT2D eigenvalue weighted by atomic mass is 10.1. The summed E-state index contributed by atoms with van der Waals surface area (Å²) in [4.78, 5) is 0. The molecule has 2 aromatic rings. The molecule has 1 aromatic carbocycles. The first-order chi connectivity index (χ1) is 9.55. The Morgan fingerprint density at radius 2 is 2.20 bits per heavy atom. The van der Waals surface area contributed by atoms with Gasteiger partial charge in [0, 0.05) is 5.56 Å². The van der Waals surface area contributed by atoms with Crippen LogP contribution < -0.4 is 10.5 Å². The first-order valence-electron chi connectivity index (χ1n) is 5.89. The van der Waals surface area contributed by atoms with Crippen molar-refractivity contribution < 1.29 is 17.6 Å². The Morgan fingerprint density at radius 3 is 2.95 bits per heavy atom. The smallest absolute Gasteiger partial charge is 0.259 e. The Morgan fingerprint density at radius 1 is 1.35 bits per heavy atom. The van der Waals surface area contributed by atoms with Crippen molar-refractivity contribution >= 4 is 15.9 Å². The third-order valence-electron chi connectivity index (χ3n) is 2.92. The van der Waals surface area contributed by atoms with Gasteiger partial charge in [0.25, 0.3) is 10.0 Å². The van der Waals surface area contributed by atoms with Crippen LogP contribution in [0.2, 0.25) is 0 Å². The second-order valence-electron chi connectivity index (χ2n) is 4.41. The van der Waals surface area contributed by atoms with Crippen LogP contribution in [0.15, 0.2) is 45.6 Å². The highest BCUT2D eigenvalue weighted by molar-refractivity contribution is 7.89. The van der Waals surface area contributed by atoms with Gasteiger partial charge in [-0.3, -0.25) is 0 Å². The summed E-state index contributed by atoms with van der Waals surface area (Å²) in [5.74, 6) is 0.320. The Kier molecular flexibility index (Phi) is 2.98. The minimum atomic E-state index is -3.53. The van der Waals surface area contributed by atoms with E-state index in [4.69, 9.17) is 14.9 Å². The predicted molar refractivity (Wildman–Crippen MR) is 72.8 cm³/mol. The van der Waals surface area contributed by atoms with Crippen LogP contribution in [0.3, 0.4) is 0 Å². The van der Waals surface area contributed by atoms with Gasteiger partial charge in [-0.2, -0.15) is 0 Å². The standard InChI is InChI=1S/C13H12N2O4S/c14-13-12-10(8-20(16,17)15-13)2-1-3-11(12)19-7-9-4-5-18-6-9/h1-6H,7-8H2,(H2,14,15). The highest BCUT2D eigenvalue weighted by atomic mass is 32.2. The molecule has 0 atom stereocenters. The number of fused-ring (bicyclic) bond motifs is 1. The van der Waals surface area contributed by atoms with Crippen molar-refractivity contribution in [2.24, 2.45) is 10.1 Å². The highest BCUT2D eigenvalue weighted by Crippen LogP contribution is 2.28. The molecular weight excluding hydrogens is 280 g/mol. The third-order valence-corrected chi connectivity index (χ3v) is 4.07. The van der Waals surface area contributed by atoms with Crippen LogP contribution in [0.4, 0.5) is 0 Å². The summed E-state index contributed by atoms with van der Waals surface area (Å²) in [6, 6.07) is 6.97. The second-order valence-corrected chi connectivity index (χ2v) is 6.05. The van der Waals surface area contributed by atoms with E-state index >= 15 is 0 Å². The number of hydrogen-bond acceptors (Lipinski definition) is 5. The van der Waals surface area contributed by atoms with Crippen molar-refractivity contribution in [3.63, 3.8) is 0 Å². The topological polar surface area (TPSA) is 94.9 Å². The quantitative estimate of drug-likeness (QED) is 0.922. The van der Waals surface area contributed by atoms with Crippen LogP contribution in [0.5, 0.6) is 5.75 Å². The van der Waals surface area contributed by atoms with Crippen molar-refractivity contribution in [3.8, 4) is 5.75 Å². The van der Waals surface area contributed by atoms with Gasteiger partial charge < -0.3 is 14.9 Å². The first-order valence-corrected chi connectivity index (χ1v) is 7.50. The number of sulfonamides is 1. The maximum atomic E-state index is 11.6. The minimum Gasteiger partial charge on any atom is -0.488 e. The molecule has 0 spiro atoms. The van der Waals surface area contributed by atoms with Crippen LogP contribution in [0.25, 0.3) is 0 Å². The number of rotatable bonds is 3. The average molecular weight is 292 g/mol. The van der Waals surface area contributed by atoms with E-state index < -0.39 is 10.0 Å². The minimum absolute atomic E-state index is 0.0333. The van der Waals surface area contributed by atoms with Gasteiger partial charge in [-0.05, 0) is 17.7 Å². The fourth-order valence-electron chi connectivity index (χ4n) is 2.07. The molecule has 1 aliphatic rings. The van der Waals surface area contributed by atoms with Gasteiger partial charge in [-0.25, -0.2) is 8.42 Å². The fourth-order valence-corrected chi connectivity index (χ4v) is 3.16. The van der Waals surface area contributed by atoms with Gasteiger partial charge in [-0.1, -0.05) is 12.1 Å². The number of furan rings is 1. The van der Waals surface area contributed by atoms with E-state index in [2.05, 4.69) is 4.40 Å². The van der Waals surface area contributed by atoms with E-state index in [0.29, 0.717) is 23.5 Å². The monoisotopic (exact) mass is 292 g/mol. The van der Waals surface area contributed by atoms with E-state index in [9.17, 15) is 8.42 Å². The Balaban J connectivity index is 1.94. The molecule has 0 radical (unpaired) electrons. The Bertz CT molecular complexity index is 764. The SMILES string of the molecule is NC1=NS(=O)(=O)Cc2cccc(OCc3ccoc3)c21. The molecule has 0 aliphatic carbocycles. The summed E-state index contributed by atoms with van der Waals surface area (Å²) in [6.07, 6.45) is 3.14. The largest absolute Gasteiger partial charge is 0.488 e. The predicted octanol–water partition coefficient (Wildman–Crippen LogP) is 1.41. The lowest BCUT2D eigenvalue weighted by molar-refractivity contribution is 0.304. The summed E-state index contributed by atoms with van der Waals surface area (Å²) >= 11 is 0. The zero-order valence-electron chi connectivity index (χ0n) is 10.4. The molecule has 2 N–H and O–H groups in total. The number of ether oxygens (including phenoxy) is 1. The normalized spacial score (nSPS) is 16.3. The number of nitrogens with two attached hydrogens (primary N) is 1. The van der Waals surface area contributed by atoms with Gasteiger partial charge >= 0.3 is 0 Å². The van der Waals surface area contributed by atoms with Crippen LogP contribution in [0.1, 0.15) is 16.7 Å². The molecule has 0 saturated heterocycles. The van der Waals surface area contributed by atoms with Crippen LogP contribution >= 0.6 is 0 Å². The zero-order chi connectivity index (χ0) is 14.2. The molecule has 1 aromatic heterocycles. The van der Waals surface area contributed by atoms with Crippen LogP contribution in [0, 0.1) is 0 Å². The number of amidine groups is 1. The number of nitrogens with zero attached hydrogens (tertiary/aromatic N) is 1. The average Bonchev–Trinajstić information content (AvgIpc) is 2.87. The molecule has 0 amide bonds. The van der Waals surface area contributed by atoms with Gasteiger partial charge in [-0.15, -0.1) is 4.40 Å². The number of hydrogen-bond donors (Lipinski definition) is 1. The summed E-state index contributed by atoms with van der Waals surface area (Å²) < 4.78 is 37.3. The molecule has 104 valence electrons. The second kappa shape index (κ2) is 4.68. The molecule has 0 bridgehead atoms. The van der Waals surface area contributed by atoms with Gasteiger partial charge in [0.15, 0.2) is 0 Å². The first kappa shape index (κ1) is 12.7. The summed E-state index contributed by atoms with van der Waals surface area (Å²) in [7, 11) is -3.53. The summed E-state index contributed by atoms with van der Waals surface area (Å²) in [5.41, 5.74) is 7.77. The maximum Gasteiger partial charge on any atom is 0.259 e. The molecular formula is C13H12N2O4S. The Labute approximate surface area is 115 Å². The van der Waals surface area contributed by atoms with E-state index in [1.54, 1.807) is 36.8 Å². The summed E-state index contributed by atoms with van der Waals surface area (Å²) in [5, 5.41) is 0. The molecule has 0 fully saturated rings. The fraction of sp³-hybridized carbons (Fsp3) is 0.154. The van der Waals surface area contributed by atoms with E-state index in [0.717, 1.165) is 5.56 Å². The van der Waals surface area contributed by atoms with Crippen molar-refractivity contribution in [1.29, 1.82) is 0 Å².